The summed E-state index contributed by atoms with van der Waals surface area (Å²) in [6.45, 7) is 9.17. The van der Waals surface area contributed by atoms with E-state index >= 15 is 0 Å². The molecule has 0 unspecified atom stereocenters. The van der Waals surface area contributed by atoms with Crippen LogP contribution in [0, 0.1) is 6.92 Å². The van der Waals surface area contributed by atoms with Gasteiger partial charge >= 0.3 is 0 Å². The van der Waals surface area contributed by atoms with Gasteiger partial charge in [0, 0.05) is 24.9 Å². The summed E-state index contributed by atoms with van der Waals surface area (Å²) >= 11 is 0. The zero-order chi connectivity index (χ0) is 14.5. The Morgan fingerprint density at radius 1 is 1.15 bits per heavy atom. The minimum absolute atomic E-state index is 0.808. The summed E-state index contributed by atoms with van der Waals surface area (Å²) in [5.74, 6) is 3.46. The third kappa shape index (κ3) is 2.79. The van der Waals surface area contributed by atoms with Gasteiger partial charge in [-0.05, 0) is 13.3 Å². The normalized spacial score (nSPS) is 10.8. The number of anilines is 1. The third-order valence-electron chi connectivity index (χ3n) is 3.15. The van der Waals surface area contributed by atoms with E-state index in [1.54, 1.807) is 6.33 Å². The second kappa shape index (κ2) is 6.45. The Hall–Kier alpha value is -1.98. The number of nitrogens with zero attached hydrogens (tertiary/aromatic N) is 5. The standard InChI is InChI=1S/C14H22N6/c1-5-8-15-13-10(4)14(17-9-16-13)20-12(7-3)18-11(6-2)19-20/h9H,5-8H2,1-4H3,(H,15,16,17). The fourth-order valence-corrected chi connectivity index (χ4v) is 2.02. The van der Waals surface area contributed by atoms with Gasteiger partial charge in [-0.1, -0.05) is 20.8 Å². The van der Waals surface area contributed by atoms with Gasteiger partial charge < -0.3 is 5.32 Å². The highest BCUT2D eigenvalue weighted by Gasteiger charge is 2.14. The molecule has 0 saturated heterocycles. The zero-order valence-corrected chi connectivity index (χ0v) is 12.6. The Balaban J connectivity index is 2.44. The molecular formula is C14H22N6. The van der Waals surface area contributed by atoms with E-state index in [0.717, 1.165) is 54.7 Å². The molecule has 2 aromatic heterocycles. The van der Waals surface area contributed by atoms with Gasteiger partial charge in [-0.3, -0.25) is 0 Å². The molecule has 2 aromatic rings. The van der Waals surface area contributed by atoms with Gasteiger partial charge in [-0.2, -0.15) is 4.68 Å². The highest BCUT2D eigenvalue weighted by atomic mass is 15.4. The summed E-state index contributed by atoms with van der Waals surface area (Å²) in [4.78, 5) is 13.2. The van der Waals surface area contributed by atoms with E-state index in [1.165, 1.54) is 0 Å². The minimum Gasteiger partial charge on any atom is -0.370 e. The average Bonchev–Trinajstić information content (AvgIpc) is 2.89. The van der Waals surface area contributed by atoms with Crippen LogP contribution < -0.4 is 5.32 Å². The van der Waals surface area contributed by atoms with Crippen LogP contribution >= 0.6 is 0 Å². The highest BCUT2D eigenvalue weighted by molar-refractivity contribution is 5.50. The summed E-state index contributed by atoms with van der Waals surface area (Å²) in [6, 6.07) is 0. The van der Waals surface area contributed by atoms with Crippen LogP contribution in [0.5, 0.6) is 0 Å². The van der Waals surface area contributed by atoms with Crippen LogP contribution in [0.3, 0.4) is 0 Å². The molecule has 0 aliphatic carbocycles. The van der Waals surface area contributed by atoms with Gasteiger partial charge in [-0.15, -0.1) is 5.10 Å². The van der Waals surface area contributed by atoms with Crippen molar-refractivity contribution in [3.63, 3.8) is 0 Å². The first-order chi connectivity index (χ1) is 9.71. The number of hydrogen-bond acceptors (Lipinski definition) is 5. The molecule has 108 valence electrons. The maximum Gasteiger partial charge on any atom is 0.163 e. The molecule has 2 rings (SSSR count). The average molecular weight is 274 g/mol. The maximum atomic E-state index is 4.54. The fraction of sp³-hybridized carbons (Fsp3) is 0.571. The van der Waals surface area contributed by atoms with Crippen LogP contribution in [0.15, 0.2) is 6.33 Å². The topological polar surface area (TPSA) is 68.5 Å². The van der Waals surface area contributed by atoms with Crippen molar-refractivity contribution in [1.82, 2.24) is 24.7 Å². The monoisotopic (exact) mass is 274 g/mol. The molecule has 6 nitrogen and oxygen atoms in total. The van der Waals surface area contributed by atoms with Crippen molar-refractivity contribution < 1.29 is 0 Å². The van der Waals surface area contributed by atoms with Crippen molar-refractivity contribution in [3.05, 3.63) is 23.5 Å². The molecule has 0 aliphatic rings. The SMILES string of the molecule is CCCNc1ncnc(-n2nc(CC)nc2CC)c1C. The van der Waals surface area contributed by atoms with Gasteiger partial charge in [0.15, 0.2) is 11.6 Å². The predicted molar refractivity (Wildman–Crippen MR) is 79.2 cm³/mol. The number of hydrogen-bond donors (Lipinski definition) is 1. The first kappa shape index (κ1) is 14.4. The minimum atomic E-state index is 0.808. The van der Waals surface area contributed by atoms with Crippen molar-refractivity contribution in [3.8, 4) is 5.82 Å². The van der Waals surface area contributed by atoms with Crippen LogP contribution in [0.4, 0.5) is 5.82 Å². The Bertz CT molecular complexity index is 575. The molecule has 0 radical (unpaired) electrons. The Kier molecular flexibility index (Phi) is 4.65. The number of nitrogens with one attached hydrogen (secondary N) is 1. The van der Waals surface area contributed by atoms with Gasteiger partial charge in [-0.25, -0.2) is 15.0 Å². The lowest BCUT2D eigenvalue weighted by Gasteiger charge is -2.11. The van der Waals surface area contributed by atoms with E-state index in [1.807, 2.05) is 11.6 Å². The number of aromatic nitrogens is 5. The Morgan fingerprint density at radius 3 is 2.60 bits per heavy atom. The number of rotatable bonds is 6. The molecule has 0 atom stereocenters. The van der Waals surface area contributed by atoms with Crippen molar-refractivity contribution in [2.45, 2.75) is 47.0 Å². The molecule has 1 N–H and O–H groups in total. The summed E-state index contributed by atoms with van der Waals surface area (Å²) in [5, 5.41) is 7.86. The van der Waals surface area contributed by atoms with E-state index < -0.39 is 0 Å². The lowest BCUT2D eigenvalue weighted by atomic mass is 10.3. The fourth-order valence-electron chi connectivity index (χ4n) is 2.02. The first-order valence-electron chi connectivity index (χ1n) is 7.21. The van der Waals surface area contributed by atoms with Crippen LogP contribution in [-0.2, 0) is 12.8 Å². The predicted octanol–water partition coefficient (Wildman–Crippen LogP) is 2.31. The zero-order valence-electron chi connectivity index (χ0n) is 12.6. The van der Waals surface area contributed by atoms with Gasteiger partial charge in [0.25, 0.3) is 0 Å². The molecule has 0 spiro atoms. The van der Waals surface area contributed by atoms with Gasteiger partial charge in [0.1, 0.15) is 18.0 Å². The van der Waals surface area contributed by atoms with Crippen molar-refractivity contribution in [2.75, 3.05) is 11.9 Å². The molecule has 0 bridgehead atoms. The Labute approximate surface area is 119 Å². The molecular weight excluding hydrogens is 252 g/mol. The van der Waals surface area contributed by atoms with E-state index in [9.17, 15) is 0 Å². The largest absolute Gasteiger partial charge is 0.370 e. The molecule has 0 fully saturated rings. The van der Waals surface area contributed by atoms with E-state index in [0.29, 0.717) is 0 Å². The summed E-state index contributed by atoms with van der Waals surface area (Å²) in [5.41, 5.74) is 1.00. The lowest BCUT2D eigenvalue weighted by molar-refractivity contribution is 0.759. The molecule has 0 saturated carbocycles. The second-order valence-corrected chi connectivity index (χ2v) is 4.66. The molecule has 6 heteroatoms. The molecule has 0 amide bonds. The van der Waals surface area contributed by atoms with E-state index in [-0.39, 0.29) is 0 Å². The van der Waals surface area contributed by atoms with Crippen molar-refractivity contribution >= 4 is 5.82 Å². The van der Waals surface area contributed by atoms with E-state index in [4.69, 9.17) is 0 Å². The molecule has 2 heterocycles. The van der Waals surface area contributed by atoms with Crippen LogP contribution in [-0.4, -0.2) is 31.3 Å². The molecule has 20 heavy (non-hydrogen) atoms. The molecule has 0 aliphatic heterocycles. The third-order valence-corrected chi connectivity index (χ3v) is 3.15. The first-order valence-corrected chi connectivity index (χ1v) is 7.21. The second-order valence-electron chi connectivity index (χ2n) is 4.66. The quantitative estimate of drug-likeness (QED) is 0.875. The molecule has 0 aromatic carbocycles. The smallest absolute Gasteiger partial charge is 0.163 e. The van der Waals surface area contributed by atoms with Crippen molar-refractivity contribution in [2.24, 2.45) is 0 Å². The summed E-state index contributed by atoms with van der Waals surface area (Å²) in [6.07, 6.45) is 4.29. The summed E-state index contributed by atoms with van der Waals surface area (Å²) < 4.78 is 1.84. The Morgan fingerprint density at radius 2 is 1.95 bits per heavy atom. The number of aryl methyl sites for hydroxylation is 2. The lowest BCUT2D eigenvalue weighted by Crippen LogP contribution is -2.11. The summed E-state index contributed by atoms with van der Waals surface area (Å²) in [7, 11) is 0. The van der Waals surface area contributed by atoms with Crippen LogP contribution in [0.25, 0.3) is 5.82 Å². The van der Waals surface area contributed by atoms with Crippen LogP contribution in [0.2, 0.25) is 0 Å². The van der Waals surface area contributed by atoms with Crippen LogP contribution in [0.1, 0.15) is 44.4 Å². The van der Waals surface area contributed by atoms with Crippen molar-refractivity contribution in [1.29, 1.82) is 0 Å². The highest BCUT2D eigenvalue weighted by Crippen LogP contribution is 2.18. The van der Waals surface area contributed by atoms with E-state index in [2.05, 4.69) is 46.1 Å². The van der Waals surface area contributed by atoms with Gasteiger partial charge in [0.2, 0.25) is 0 Å². The van der Waals surface area contributed by atoms with Gasteiger partial charge in [0.05, 0.1) is 0 Å². The maximum absolute atomic E-state index is 4.54.